The fraction of sp³-hybridized carbons (Fsp3) is 0.333. The van der Waals surface area contributed by atoms with Gasteiger partial charge in [-0.1, -0.05) is 0 Å². The van der Waals surface area contributed by atoms with E-state index < -0.39 is 13.0 Å². The third-order valence-corrected chi connectivity index (χ3v) is 1.45. The minimum absolute atomic E-state index is 0.0638. The van der Waals surface area contributed by atoms with Crippen molar-refractivity contribution in [2.24, 2.45) is 0 Å². The zero-order chi connectivity index (χ0) is 11.3. The second-order valence-corrected chi connectivity index (χ2v) is 2.64. The number of phenolic OH excluding ortho intramolecular Hbond substituents is 1. The number of halogens is 3. The second kappa shape index (κ2) is 4.88. The molecular formula is C9H9F3O3. The molecule has 0 heterocycles. The largest absolute Gasteiger partial charge is 0.522 e. The van der Waals surface area contributed by atoms with Crippen molar-refractivity contribution >= 4 is 0 Å². The van der Waals surface area contributed by atoms with Gasteiger partial charge in [-0.05, 0) is 24.3 Å². The van der Waals surface area contributed by atoms with Gasteiger partial charge < -0.3 is 9.84 Å². The van der Waals surface area contributed by atoms with Crippen LogP contribution in [0.15, 0.2) is 24.3 Å². The third kappa shape index (κ3) is 5.11. The highest BCUT2D eigenvalue weighted by Crippen LogP contribution is 2.17. The second-order valence-electron chi connectivity index (χ2n) is 2.64. The lowest BCUT2D eigenvalue weighted by atomic mass is 10.3. The lowest BCUT2D eigenvalue weighted by molar-refractivity contribution is -0.325. The first-order valence-electron chi connectivity index (χ1n) is 4.10. The zero-order valence-electron chi connectivity index (χ0n) is 7.62. The van der Waals surface area contributed by atoms with Crippen molar-refractivity contribution in [2.45, 2.75) is 6.36 Å². The van der Waals surface area contributed by atoms with Crippen LogP contribution in [0.1, 0.15) is 0 Å². The molecule has 0 fully saturated rings. The van der Waals surface area contributed by atoms with Gasteiger partial charge in [0.15, 0.2) is 0 Å². The number of phenols is 1. The van der Waals surface area contributed by atoms with Gasteiger partial charge in [-0.3, -0.25) is 4.74 Å². The quantitative estimate of drug-likeness (QED) is 0.794. The van der Waals surface area contributed by atoms with E-state index in [4.69, 9.17) is 9.84 Å². The molecule has 0 atom stereocenters. The molecule has 0 bridgehead atoms. The minimum Gasteiger partial charge on any atom is -0.508 e. The first kappa shape index (κ1) is 11.6. The number of benzene rings is 1. The molecule has 84 valence electrons. The van der Waals surface area contributed by atoms with Crippen LogP contribution in [0.25, 0.3) is 0 Å². The summed E-state index contributed by atoms with van der Waals surface area (Å²) in [4.78, 5) is 0. The fourth-order valence-electron chi connectivity index (χ4n) is 0.859. The number of hydrogen-bond acceptors (Lipinski definition) is 3. The number of aromatic hydroxyl groups is 1. The molecule has 0 radical (unpaired) electrons. The van der Waals surface area contributed by atoms with E-state index in [0.29, 0.717) is 5.75 Å². The zero-order valence-corrected chi connectivity index (χ0v) is 7.62. The van der Waals surface area contributed by atoms with Crippen LogP contribution in [0, 0.1) is 0 Å². The average molecular weight is 222 g/mol. The molecule has 6 heteroatoms. The van der Waals surface area contributed by atoms with Crippen LogP contribution in [0.2, 0.25) is 0 Å². The van der Waals surface area contributed by atoms with E-state index in [1.54, 1.807) is 0 Å². The normalized spacial score (nSPS) is 11.4. The van der Waals surface area contributed by atoms with Gasteiger partial charge in [-0.2, -0.15) is 0 Å². The van der Waals surface area contributed by atoms with Gasteiger partial charge in [0.1, 0.15) is 18.1 Å². The predicted molar refractivity (Wildman–Crippen MR) is 45.6 cm³/mol. The summed E-state index contributed by atoms with van der Waals surface area (Å²) in [5.74, 6) is 0.437. The van der Waals surface area contributed by atoms with Crippen molar-refractivity contribution in [3.63, 3.8) is 0 Å². The highest BCUT2D eigenvalue weighted by atomic mass is 19.4. The molecule has 0 aliphatic carbocycles. The number of alkyl halides is 3. The van der Waals surface area contributed by atoms with Crippen LogP contribution in [-0.2, 0) is 4.74 Å². The summed E-state index contributed by atoms with van der Waals surface area (Å²) in [5.41, 5.74) is 0. The Morgan fingerprint density at radius 2 is 1.67 bits per heavy atom. The molecule has 0 aromatic heterocycles. The van der Waals surface area contributed by atoms with Crippen LogP contribution in [0.3, 0.4) is 0 Å². The summed E-state index contributed by atoms with van der Waals surface area (Å²) in [7, 11) is 0. The van der Waals surface area contributed by atoms with Crippen molar-refractivity contribution in [3.05, 3.63) is 24.3 Å². The Morgan fingerprint density at radius 1 is 1.07 bits per heavy atom. The molecule has 1 N–H and O–H groups in total. The molecule has 3 nitrogen and oxygen atoms in total. The fourth-order valence-corrected chi connectivity index (χ4v) is 0.859. The monoisotopic (exact) mass is 222 g/mol. The standard InChI is InChI=1S/C9H9F3O3/c10-9(11,12)15-6-5-14-8-3-1-7(13)2-4-8/h1-4,13H,5-6H2. The Labute approximate surface area is 84.0 Å². The molecule has 15 heavy (non-hydrogen) atoms. The molecule has 0 spiro atoms. The molecule has 0 aliphatic rings. The molecule has 0 saturated heterocycles. The van der Waals surface area contributed by atoms with Crippen molar-refractivity contribution in [1.29, 1.82) is 0 Å². The summed E-state index contributed by atoms with van der Waals surface area (Å²) < 4.78 is 43.0. The third-order valence-electron chi connectivity index (χ3n) is 1.45. The summed E-state index contributed by atoms with van der Waals surface area (Å²) in [5, 5.41) is 8.91. The van der Waals surface area contributed by atoms with Crippen molar-refractivity contribution in [3.8, 4) is 11.5 Å². The van der Waals surface area contributed by atoms with Gasteiger partial charge in [0.25, 0.3) is 0 Å². The van der Waals surface area contributed by atoms with Crippen LogP contribution >= 0.6 is 0 Å². The van der Waals surface area contributed by atoms with Crippen molar-refractivity contribution in [2.75, 3.05) is 13.2 Å². The van der Waals surface area contributed by atoms with Crippen LogP contribution in [0.4, 0.5) is 13.2 Å². The van der Waals surface area contributed by atoms with E-state index in [1.165, 1.54) is 24.3 Å². The topological polar surface area (TPSA) is 38.7 Å². The molecular weight excluding hydrogens is 213 g/mol. The first-order chi connectivity index (χ1) is 6.97. The van der Waals surface area contributed by atoms with E-state index in [9.17, 15) is 13.2 Å². The summed E-state index contributed by atoms with van der Waals surface area (Å²) in [6.07, 6.45) is -4.63. The Morgan fingerprint density at radius 3 is 2.20 bits per heavy atom. The Hall–Kier alpha value is -1.43. The number of ether oxygens (including phenoxy) is 2. The Balaban J connectivity index is 2.23. The highest BCUT2D eigenvalue weighted by Gasteiger charge is 2.28. The molecule has 1 aromatic carbocycles. The van der Waals surface area contributed by atoms with Crippen molar-refractivity contribution in [1.82, 2.24) is 0 Å². The molecule has 1 aromatic rings. The number of rotatable bonds is 4. The SMILES string of the molecule is Oc1ccc(OCCOC(F)(F)F)cc1. The van der Waals surface area contributed by atoms with Gasteiger partial charge >= 0.3 is 6.36 Å². The average Bonchev–Trinajstić information content (AvgIpc) is 2.14. The van der Waals surface area contributed by atoms with E-state index in [0.717, 1.165) is 0 Å². The van der Waals surface area contributed by atoms with Gasteiger partial charge in [0.2, 0.25) is 0 Å². The minimum atomic E-state index is -4.63. The summed E-state index contributed by atoms with van der Waals surface area (Å²) in [6.45, 7) is -0.769. The summed E-state index contributed by atoms with van der Waals surface area (Å²) >= 11 is 0. The highest BCUT2D eigenvalue weighted by molar-refractivity contribution is 5.29. The van der Waals surface area contributed by atoms with Gasteiger partial charge in [0.05, 0.1) is 6.61 Å². The van der Waals surface area contributed by atoms with E-state index in [1.807, 2.05) is 0 Å². The van der Waals surface area contributed by atoms with Crippen LogP contribution in [0.5, 0.6) is 11.5 Å². The van der Waals surface area contributed by atoms with E-state index >= 15 is 0 Å². The molecule has 0 unspecified atom stereocenters. The van der Waals surface area contributed by atoms with Crippen molar-refractivity contribution < 1.29 is 27.8 Å². The lowest BCUT2D eigenvalue weighted by Gasteiger charge is -2.08. The van der Waals surface area contributed by atoms with E-state index in [-0.39, 0.29) is 12.4 Å². The molecule has 1 rings (SSSR count). The maximum atomic E-state index is 11.5. The number of hydrogen-bond donors (Lipinski definition) is 1. The summed E-state index contributed by atoms with van der Waals surface area (Å²) in [6, 6.07) is 5.64. The lowest BCUT2D eigenvalue weighted by Crippen LogP contribution is -2.18. The first-order valence-corrected chi connectivity index (χ1v) is 4.10. The smallest absolute Gasteiger partial charge is 0.508 e. The maximum absolute atomic E-state index is 11.5. The van der Waals surface area contributed by atoms with Crippen LogP contribution < -0.4 is 4.74 Å². The molecule has 0 amide bonds. The maximum Gasteiger partial charge on any atom is 0.522 e. The molecule has 0 saturated carbocycles. The Kier molecular flexibility index (Phi) is 3.79. The molecule has 0 aliphatic heterocycles. The van der Waals surface area contributed by atoms with Crippen LogP contribution in [-0.4, -0.2) is 24.7 Å². The van der Waals surface area contributed by atoms with Gasteiger partial charge in [-0.15, -0.1) is 13.2 Å². The van der Waals surface area contributed by atoms with E-state index in [2.05, 4.69) is 4.74 Å². The van der Waals surface area contributed by atoms with Gasteiger partial charge in [-0.25, -0.2) is 0 Å². The van der Waals surface area contributed by atoms with Gasteiger partial charge in [0, 0.05) is 0 Å². The predicted octanol–water partition coefficient (Wildman–Crippen LogP) is 2.31. The Bertz CT molecular complexity index is 294.